The van der Waals surface area contributed by atoms with Crippen LogP contribution in [0.4, 0.5) is 4.39 Å². The molecule has 0 aliphatic carbocycles. The lowest BCUT2D eigenvalue weighted by Crippen LogP contribution is -2.15. The zero-order valence-corrected chi connectivity index (χ0v) is 8.80. The largest absolute Gasteiger partial charge is 0.505 e. The van der Waals surface area contributed by atoms with Crippen molar-refractivity contribution >= 4 is 5.91 Å². The van der Waals surface area contributed by atoms with Crippen LogP contribution in [-0.4, -0.2) is 21.3 Å². The number of hydrogen-bond donors (Lipinski definition) is 4. The van der Waals surface area contributed by atoms with Crippen LogP contribution in [0.25, 0.3) is 0 Å². The quantitative estimate of drug-likeness (QED) is 0.360. The van der Waals surface area contributed by atoms with Gasteiger partial charge in [-0.05, 0) is 24.1 Å². The van der Waals surface area contributed by atoms with E-state index in [-0.39, 0.29) is 12.0 Å². The molecule has 4 N–H and O–H groups in total. The summed E-state index contributed by atoms with van der Waals surface area (Å²) in [4.78, 5) is 10.6. The van der Waals surface area contributed by atoms with Crippen molar-refractivity contribution in [2.75, 3.05) is 0 Å². The minimum absolute atomic E-state index is 0.0810. The molecule has 0 saturated heterocycles. The van der Waals surface area contributed by atoms with Gasteiger partial charge in [0.15, 0.2) is 11.6 Å². The Labute approximate surface area is 96.8 Å². The SMILES string of the molecule is O=C(/C=C/C[C@H](O)c1ccc(O)c(F)c1)NO. The highest BCUT2D eigenvalue weighted by Crippen LogP contribution is 2.22. The number of phenolic OH excluding ortho intramolecular Hbond substituents is 1. The lowest BCUT2D eigenvalue weighted by molar-refractivity contribution is -0.124. The lowest BCUT2D eigenvalue weighted by atomic mass is 10.1. The molecule has 1 aromatic carbocycles. The first kappa shape index (κ1) is 13.1. The fourth-order valence-corrected chi connectivity index (χ4v) is 1.21. The smallest absolute Gasteiger partial charge is 0.267 e. The summed E-state index contributed by atoms with van der Waals surface area (Å²) in [5, 5.41) is 26.8. The third-order valence-corrected chi connectivity index (χ3v) is 2.10. The number of aliphatic hydroxyl groups excluding tert-OH is 1. The molecule has 0 aromatic heterocycles. The molecule has 0 fully saturated rings. The summed E-state index contributed by atoms with van der Waals surface area (Å²) in [6.07, 6.45) is 1.46. The first-order valence-electron chi connectivity index (χ1n) is 4.81. The number of hydroxylamine groups is 1. The van der Waals surface area contributed by atoms with Crippen molar-refractivity contribution in [2.24, 2.45) is 0 Å². The summed E-state index contributed by atoms with van der Waals surface area (Å²) < 4.78 is 13.0. The maximum atomic E-state index is 13.0. The number of amides is 1. The molecule has 1 atom stereocenters. The first-order valence-corrected chi connectivity index (χ1v) is 4.81. The van der Waals surface area contributed by atoms with Crippen molar-refractivity contribution in [3.8, 4) is 5.75 Å². The fraction of sp³-hybridized carbons (Fsp3) is 0.182. The van der Waals surface area contributed by atoms with E-state index in [1.807, 2.05) is 0 Å². The number of carbonyl (C=O) groups is 1. The number of halogens is 1. The van der Waals surface area contributed by atoms with Crippen LogP contribution < -0.4 is 5.48 Å². The predicted octanol–water partition coefficient (Wildman–Crippen LogP) is 1.02. The molecule has 0 bridgehead atoms. The van der Waals surface area contributed by atoms with Gasteiger partial charge in [0.1, 0.15) is 0 Å². The van der Waals surface area contributed by atoms with Gasteiger partial charge in [0.05, 0.1) is 6.10 Å². The molecule has 1 amide bonds. The minimum Gasteiger partial charge on any atom is -0.505 e. The Kier molecular flexibility index (Phi) is 4.62. The van der Waals surface area contributed by atoms with E-state index in [4.69, 9.17) is 10.3 Å². The molecule has 0 unspecified atom stereocenters. The molecule has 1 aromatic rings. The van der Waals surface area contributed by atoms with E-state index >= 15 is 0 Å². The number of hydrogen-bond acceptors (Lipinski definition) is 4. The van der Waals surface area contributed by atoms with Crippen LogP contribution in [0.5, 0.6) is 5.75 Å². The van der Waals surface area contributed by atoms with E-state index in [2.05, 4.69) is 0 Å². The number of phenols is 1. The zero-order chi connectivity index (χ0) is 12.8. The second-order valence-corrected chi connectivity index (χ2v) is 3.34. The predicted molar refractivity (Wildman–Crippen MR) is 56.7 cm³/mol. The Hall–Kier alpha value is -1.92. The van der Waals surface area contributed by atoms with Crippen LogP contribution in [-0.2, 0) is 4.79 Å². The van der Waals surface area contributed by atoms with Gasteiger partial charge in [-0.3, -0.25) is 10.0 Å². The van der Waals surface area contributed by atoms with Crippen molar-refractivity contribution in [3.05, 3.63) is 41.7 Å². The summed E-state index contributed by atoms with van der Waals surface area (Å²) in [6, 6.07) is 3.53. The van der Waals surface area contributed by atoms with E-state index in [0.717, 1.165) is 18.2 Å². The highest BCUT2D eigenvalue weighted by Gasteiger charge is 2.09. The van der Waals surface area contributed by atoms with Gasteiger partial charge in [0.2, 0.25) is 0 Å². The second-order valence-electron chi connectivity index (χ2n) is 3.34. The summed E-state index contributed by atoms with van der Waals surface area (Å²) >= 11 is 0. The molecular weight excluding hydrogens is 229 g/mol. The van der Waals surface area contributed by atoms with Gasteiger partial charge in [-0.15, -0.1) is 0 Å². The number of benzene rings is 1. The molecule has 0 spiro atoms. The van der Waals surface area contributed by atoms with Gasteiger partial charge >= 0.3 is 0 Å². The molecule has 5 nitrogen and oxygen atoms in total. The number of aromatic hydroxyl groups is 1. The Balaban J connectivity index is 2.63. The van der Waals surface area contributed by atoms with Crippen molar-refractivity contribution in [2.45, 2.75) is 12.5 Å². The fourth-order valence-electron chi connectivity index (χ4n) is 1.21. The Bertz CT molecular complexity index is 433. The average Bonchev–Trinajstić information content (AvgIpc) is 2.32. The van der Waals surface area contributed by atoms with Crippen LogP contribution in [0.3, 0.4) is 0 Å². The van der Waals surface area contributed by atoms with Crippen LogP contribution in [0, 0.1) is 5.82 Å². The maximum absolute atomic E-state index is 13.0. The van der Waals surface area contributed by atoms with Crippen LogP contribution in [0.1, 0.15) is 18.1 Å². The number of aliphatic hydroxyl groups is 1. The molecule has 17 heavy (non-hydrogen) atoms. The molecule has 1 rings (SSSR count). The van der Waals surface area contributed by atoms with Gasteiger partial charge in [0.25, 0.3) is 5.91 Å². The van der Waals surface area contributed by atoms with Gasteiger partial charge in [-0.25, -0.2) is 9.87 Å². The normalized spacial score (nSPS) is 12.6. The van der Waals surface area contributed by atoms with Crippen molar-refractivity contribution in [3.63, 3.8) is 0 Å². The second kappa shape index (κ2) is 5.97. The third kappa shape index (κ3) is 3.86. The molecule has 0 heterocycles. The van der Waals surface area contributed by atoms with E-state index in [9.17, 15) is 14.3 Å². The van der Waals surface area contributed by atoms with Crippen LogP contribution >= 0.6 is 0 Å². The van der Waals surface area contributed by atoms with E-state index in [0.29, 0.717) is 0 Å². The molecule has 0 aliphatic heterocycles. The van der Waals surface area contributed by atoms with Crippen LogP contribution in [0.2, 0.25) is 0 Å². The van der Waals surface area contributed by atoms with Gasteiger partial charge in [-0.2, -0.15) is 0 Å². The van der Waals surface area contributed by atoms with Crippen LogP contribution in [0.15, 0.2) is 30.4 Å². The number of nitrogens with one attached hydrogen (secondary N) is 1. The number of carbonyl (C=O) groups excluding carboxylic acids is 1. The molecular formula is C11H12FNO4. The maximum Gasteiger partial charge on any atom is 0.267 e. The molecule has 92 valence electrons. The van der Waals surface area contributed by atoms with Crippen molar-refractivity contribution in [1.29, 1.82) is 0 Å². The van der Waals surface area contributed by atoms with Gasteiger partial charge in [-0.1, -0.05) is 12.1 Å². The minimum atomic E-state index is -0.993. The highest BCUT2D eigenvalue weighted by molar-refractivity contribution is 5.86. The molecule has 0 saturated carbocycles. The van der Waals surface area contributed by atoms with E-state index in [1.165, 1.54) is 17.6 Å². The van der Waals surface area contributed by atoms with E-state index in [1.54, 1.807) is 0 Å². The molecule has 0 aliphatic rings. The Morgan fingerprint density at radius 3 is 2.82 bits per heavy atom. The monoisotopic (exact) mass is 241 g/mol. The van der Waals surface area contributed by atoms with E-state index < -0.39 is 23.6 Å². The summed E-state index contributed by atoms with van der Waals surface area (Å²) in [7, 11) is 0. The molecule has 0 radical (unpaired) electrons. The Morgan fingerprint density at radius 1 is 1.53 bits per heavy atom. The van der Waals surface area contributed by atoms with Crippen molar-refractivity contribution < 1.29 is 24.6 Å². The van der Waals surface area contributed by atoms with Crippen molar-refractivity contribution in [1.82, 2.24) is 5.48 Å². The summed E-state index contributed by atoms with van der Waals surface area (Å²) in [5.74, 6) is -2.02. The first-order chi connectivity index (χ1) is 8.04. The number of rotatable bonds is 4. The van der Waals surface area contributed by atoms with Gasteiger partial charge in [0, 0.05) is 6.08 Å². The average molecular weight is 241 g/mol. The Morgan fingerprint density at radius 2 is 2.24 bits per heavy atom. The molecule has 6 heteroatoms. The lowest BCUT2D eigenvalue weighted by Gasteiger charge is -2.08. The summed E-state index contributed by atoms with van der Waals surface area (Å²) in [6.45, 7) is 0. The topological polar surface area (TPSA) is 89.8 Å². The zero-order valence-electron chi connectivity index (χ0n) is 8.80. The third-order valence-electron chi connectivity index (χ3n) is 2.10. The standard InChI is InChI=1S/C11H12FNO4/c12-8-6-7(4-5-10(8)15)9(14)2-1-3-11(16)13-17/h1,3-6,9,14-15,17H,2H2,(H,13,16)/b3-1+/t9-/m0/s1. The summed E-state index contributed by atoms with van der Waals surface area (Å²) in [5.41, 5.74) is 1.68. The highest BCUT2D eigenvalue weighted by atomic mass is 19.1. The van der Waals surface area contributed by atoms with Gasteiger partial charge < -0.3 is 10.2 Å².